The maximum Gasteiger partial charge on any atom is 0.252 e. The SMILES string of the molecule is CC(C)N(C)Cc1ccccc1CNC(=O)c1ccccc1SCc1cscn1. The number of nitrogens with zero attached hydrogens (tertiary/aromatic N) is 2. The Morgan fingerprint density at radius 1 is 1.14 bits per heavy atom. The third-order valence-corrected chi connectivity index (χ3v) is 6.59. The molecule has 152 valence electrons. The topological polar surface area (TPSA) is 45.2 Å². The van der Waals surface area contributed by atoms with Gasteiger partial charge in [-0.15, -0.1) is 23.1 Å². The van der Waals surface area contributed by atoms with Crippen molar-refractivity contribution in [2.24, 2.45) is 0 Å². The Morgan fingerprint density at radius 2 is 1.86 bits per heavy atom. The Labute approximate surface area is 181 Å². The minimum atomic E-state index is -0.0432. The molecule has 0 atom stereocenters. The minimum absolute atomic E-state index is 0.0432. The lowest BCUT2D eigenvalue weighted by molar-refractivity contribution is 0.0948. The van der Waals surface area contributed by atoms with Crippen LogP contribution in [-0.4, -0.2) is 28.9 Å². The molecule has 1 aromatic heterocycles. The summed E-state index contributed by atoms with van der Waals surface area (Å²) in [5.74, 6) is 0.719. The van der Waals surface area contributed by atoms with Crippen LogP contribution >= 0.6 is 23.1 Å². The molecule has 1 heterocycles. The van der Waals surface area contributed by atoms with Crippen LogP contribution in [0.25, 0.3) is 0 Å². The fraction of sp³-hybridized carbons (Fsp3) is 0.304. The number of thiazole rings is 1. The highest BCUT2D eigenvalue weighted by molar-refractivity contribution is 7.98. The highest BCUT2D eigenvalue weighted by Crippen LogP contribution is 2.26. The van der Waals surface area contributed by atoms with Crippen LogP contribution in [0.3, 0.4) is 0 Å². The Morgan fingerprint density at radius 3 is 2.59 bits per heavy atom. The van der Waals surface area contributed by atoms with E-state index in [9.17, 15) is 4.79 Å². The third-order valence-electron chi connectivity index (χ3n) is 4.85. The van der Waals surface area contributed by atoms with Crippen LogP contribution < -0.4 is 5.32 Å². The number of benzene rings is 2. The normalized spacial score (nSPS) is 11.2. The van der Waals surface area contributed by atoms with E-state index >= 15 is 0 Å². The van der Waals surface area contributed by atoms with Crippen molar-refractivity contribution in [3.8, 4) is 0 Å². The average molecular weight is 426 g/mol. The van der Waals surface area contributed by atoms with Crippen LogP contribution in [0.2, 0.25) is 0 Å². The zero-order chi connectivity index (χ0) is 20.6. The molecule has 6 heteroatoms. The van der Waals surface area contributed by atoms with Gasteiger partial charge in [-0.3, -0.25) is 9.69 Å². The van der Waals surface area contributed by atoms with Crippen LogP contribution in [0, 0.1) is 0 Å². The molecule has 4 nitrogen and oxygen atoms in total. The maximum absolute atomic E-state index is 12.9. The molecule has 0 fully saturated rings. The molecule has 0 radical (unpaired) electrons. The number of carbonyl (C=O) groups is 1. The molecule has 1 N–H and O–H groups in total. The van der Waals surface area contributed by atoms with Crippen molar-refractivity contribution in [1.29, 1.82) is 0 Å². The first-order chi connectivity index (χ1) is 14.0. The summed E-state index contributed by atoms with van der Waals surface area (Å²) in [4.78, 5) is 20.5. The second-order valence-corrected chi connectivity index (χ2v) is 8.96. The standard InChI is InChI=1S/C23H27N3OS2/c1-17(2)26(3)13-19-9-5-4-8-18(19)12-24-23(27)21-10-6-7-11-22(21)29-15-20-14-28-16-25-20/h4-11,14,16-17H,12-13,15H2,1-3H3,(H,24,27). The monoisotopic (exact) mass is 425 g/mol. The van der Waals surface area contributed by atoms with Crippen LogP contribution in [0.5, 0.6) is 0 Å². The summed E-state index contributed by atoms with van der Waals surface area (Å²) in [6.45, 7) is 5.75. The van der Waals surface area contributed by atoms with E-state index in [-0.39, 0.29) is 5.91 Å². The summed E-state index contributed by atoms with van der Waals surface area (Å²) in [5.41, 5.74) is 5.99. The van der Waals surface area contributed by atoms with Crippen molar-refractivity contribution in [2.75, 3.05) is 7.05 Å². The van der Waals surface area contributed by atoms with E-state index in [1.54, 1.807) is 23.1 Å². The summed E-state index contributed by atoms with van der Waals surface area (Å²) in [6, 6.07) is 16.5. The summed E-state index contributed by atoms with van der Waals surface area (Å²) < 4.78 is 0. The number of aromatic nitrogens is 1. The molecular formula is C23H27N3OS2. The van der Waals surface area contributed by atoms with Gasteiger partial charge in [0.1, 0.15) is 0 Å². The van der Waals surface area contributed by atoms with E-state index in [0.29, 0.717) is 18.2 Å². The van der Waals surface area contributed by atoms with E-state index < -0.39 is 0 Å². The van der Waals surface area contributed by atoms with Gasteiger partial charge >= 0.3 is 0 Å². The highest BCUT2D eigenvalue weighted by atomic mass is 32.2. The van der Waals surface area contributed by atoms with Gasteiger partial charge in [0.05, 0.1) is 16.8 Å². The predicted molar refractivity (Wildman–Crippen MR) is 122 cm³/mol. The molecule has 0 unspecified atom stereocenters. The lowest BCUT2D eigenvalue weighted by atomic mass is 10.1. The summed E-state index contributed by atoms with van der Waals surface area (Å²) >= 11 is 3.24. The minimum Gasteiger partial charge on any atom is -0.348 e. The van der Waals surface area contributed by atoms with Gasteiger partial charge in [0.15, 0.2) is 0 Å². The van der Waals surface area contributed by atoms with Gasteiger partial charge in [-0.1, -0.05) is 36.4 Å². The number of amides is 1. The van der Waals surface area contributed by atoms with Gasteiger partial charge in [0.2, 0.25) is 0 Å². The van der Waals surface area contributed by atoms with Gasteiger partial charge in [-0.25, -0.2) is 4.98 Å². The van der Waals surface area contributed by atoms with Gasteiger partial charge < -0.3 is 5.32 Å². The van der Waals surface area contributed by atoms with Gasteiger partial charge in [0, 0.05) is 35.2 Å². The first-order valence-electron chi connectivity index (χ1n) is 9.68. The second-order valence-electron chi connectivity index (χ2n) is 7.22. The summed E-state index contributed by atoms with van der Waals surface area (Å²) in [5, 5.41) is 5.15. The predicted octanol–water partition coefficient (Wildman–Crippen LogP) is 5.21. The van der Waals surface area contributed by atoms with E-state index in [2.05, 4.69) is 54.3 Å². The van der Waals surface area contributed by atoms with Crippen molar-refractivity contribution >= 4 is 29.0 Å². The van der Waals surface area contributed by atoms with E-state index in [4.69, 9.17) is 0 Å². The molecule has 29 heavy (non-hydrogen) atoms. The number of thioether (sulfide) groups is 1. The number of hydrogen-bond donors (Lipinski definition) is 1. The number of nitrogens with one attached hydrogen (secondary N) is 1. The zero-order valence-corrected chi connectivity index (χ0v) is 18.7. The molecule has 0 saturated carbocycles. The average Bonchev–Trinajstić information content (AvgIpc) is 3.25. The van der Waals surface area contributed by atoms with Crippen LogP contribution in [-0.2, 0) is 18.8 Å². The second kappa shape index (κ2) is 10.6. The van der Waals surface area contributed by atoms with Crippen molar-refractivity contribution in [3.63, 3.8) is 0 Å². The molecule has 0 spiro atoms. The largest absolute Gasteiger partial charge is 0.348 e. The third kappa shape index (κ3) is 6.16. The number of carbonyl (C=O) groups excluding carboxylic acids is 1. The Kier molecular flexibility index (Phi) is 7.86. The van der Waals surface area contributed by atoms with Crippen LogP contribution in [0.1, 0.15) is 41.0 Å². The lowest BCUT2D eigenvalue weighted by Crippen LogP contribution is -2.28. The molecular weight excluding hydrogens is 398 g/mol. The zero-order valence-electron chi connectivity index (χ0n) is 17.1. The van der Waals surface area contributed by atoms with Gasteiger partial charge in [0.25, 0.3) is 5.91 Å². The summed E-state index contributed by atoms with van der Waals surface area (Å²) in [6.07, 6.45) is 0. The van der Waals surface area contributed by atoms with Crippen molar-refractivity contribution in [3.05, 3.63) is 81.8 Å². The van der Waals surface area contributed by atoms with Gasteiger partial charge in [-0.2, -0.15) is 0 Å². The molecule has 2 aromatic carbocycles. The quantitative estimate of drug-likeness (QED) is 0.478. The Balaban J connectivity index is 1.66. The molecule has 3 rings (SSSR count). The Hall–Kier alpha value is -2.15. The molecule has 0 aliphatic heterocycles. The van der Waals surface area contributed by atoms with Crippen molar-refractivity contribution in [2.45, 2.75) is 43.6 Å². The number of hydrogen-bond acceptors (Lipinski definition) is 5. The number of rotatable bonds is 9. The fourth-order valence-corrected chi connectivity index (χ4v) is 4.46. The Bertz CT molecular complexity index is 925. The van der Waals surface area contributed by atoms with Crippen LogP contribution in [0.15, 0.2) is 64.3 Å². The molecule has 0 bridgehead atoms. The van der Waals surface area contributed by atoms with Gasteiger partial charge in [-0.05, 0) is 44.2 Å². The summed E-state index contributed by atoms with van der Waals surface area (Å²) in [7, 11) is 2.12. The first-order valence-corrected chi connectivity index (χ1v) is 11.6. The molecule has 0 saturated heterocycles. The maximum atomic E-state index is 12.9. The lowest BCUT2D eigenvalue weighted by Gasteiger charge is -2.22. The highest BCUT2D eigenvalue weighted by Gasteiger charge is 2.13. The van der Waals surface area contributed by atoms with E-state index in [0.717, 1.165) is 28.5 Å². The first kappa shape index (κ1) is 21.6. The smallest absolute Gasteiger partial charge is 0.252 e. The van der Waals surface area contributed by atoms with E-state index in [1.165, 1.54) is 5.56 Å². The molecule has 0 aliphatic carbocycles. The molecule has 0 aliphatic rings. The molecule has 1 amide bonds. The fourth-order valence-electron chi connectivity index (χ4n) is 2.85. The van der Waals surface area contributed by atoms with E-state index in [1.807, 2.05) is 41.2 Å². The molecule has 3 aromatic rings. The van der Waals surface area contributed by atoms with Crippen molar-refractivity contribution in [1.82, 2.24) is 15.2 Å². The van der Waals surface area contributed by atoms with Crippen LogP contribution in [0.4, 0.5) is 0 Å². The van der Waals surface area contributed by atoms with Crippen molar-refractivity contribution < 1.29 is 4.79 Å².